The van der Waals surface area contributed by atoms with Gasteiger partial charge < -0.3 is 10.2 Å². The highest BCUT2D eigenvalue weighted by Crippen LogP contribution is 2.23. The molecule has 0 bridgehead atoms. The fourth-order valence-corrected chi connectivity index (χ4v) is 3.75. The maximum atomic E-state index is 12.8. The van der Waals surface area contributed by atoms with Crippen LogP contribution in [0.25, 0.3) is 6.08 Å². The van der Waals surface area contributed by atoms with Crippen molar-refractivity contribution in [2.45, 2.75) is 26.4 Å². The first kappa shape index (κ1) is 21.1. The van der Waals surface area contributed by atoms with E-state index in [1.54, 1.807) is 30.4 Å². The fraction of sp³-hybridized carbons (Fsp3) is 0.304. The lowest BCUT2D eigenvalue weighted by atomic mass is 10.1. The summed E-state index contributed by atoms with van der Waals surface area (Å²) < 4.78 is 0. The third-order valence-electron chi connectivity index (χ3n) is 4.98. The zero-order chi connectivity index (χ0) is 20.8. The molecule has 1 aliphatic rings. The molecule has 0 radical (unpaired) electrons. The van der Waals surface area contributed by atoms with E-state index in [2.05, 4.69) is 41.4 Å². The summed E-state index contributed by atoms with van der Waals surface area (Å²) in [6, 6.07) is 15.7. The lowest BCUT2D eigenvalue weighted by molar-refractivity contribution is -0.130. The number of nitrogens with zero attached hydrogens (tertiary/aromatic N) is 2. The van der Waals surface area contributed by atoms with Crippen LogP contribution in [-0.2, 0) is 16.1 Å². The highest BCUT2D eigenvalue weighted by Gasteiger charge is 2.26. The summed E-state index contributed by atoms with van der Waals surface area (Å²) in [5.74, 6) is -0.211. The number of hydrogen-bond acceptors (Lipinski definition) is 3. The standard InChI is InChI=1S/C23H26ClN3O2/c1-17-15-26(16-19-6-4-3-5-7-19)12-13-27(17)23(29)11-9-20-8-10-21(24)14-22(20)25-18(2)28/h3-11,14,17H,12-13,15-16H2,1-2H3,(H,25,28)/b11-9+/t17-/m1/s1. The number of carbonyl (C=O) groups is 2. The lowest BCUT2D eigenvalue weighted by Gasteiger charge is -2.39. The number of carbonyl (C=O) groups excluding carboxylic acids is 2. The molecule has 3 rings (SSSR count). The maximum absolute atomic E-state index is 12.8. The Morgan fingerprint density at radius 3 is 2.62 bits per heavy atom. The van der Waals surface area contributed by atoms with Gasteiger partial charge in [0.1, 0.15) is 0 Å². The number of benzene rings is 2. The zero-order valence-electron chi connectivity index (χ0n) is 16.8. The van der Waals surface area contributed by atoms with Gasteiger partial charge in [0.25, 0.3) is 0 Å². The van der Waals surface area contributed by atoms with E-state index < -0.39 is 0 Å². The van der Waals surface area contributed by atoms with Gasteiger partial charge in [-0.15, -0.1) is 0 Å². The molecule has 1 atom stereocenters. The molecule has 6 heteroatoms. The van der Waals surface area contributed by atoms with Gasteiger partial charge in [-0.1, -0.05) is 48.0 Å². The molecule has 0 spiro atoms. The van der Waals surface area contributed by atoms with Crippen molar-refractivity contribution in [3.8, 4) is 0 Å². The Morgan fingerprint density at radius 1 is 1.17 bits per heavy atom. The molecule has 2 aromatic carbocycles. The van der Waals surface area contributed by atoms with Crippen LogP contribution >= 0.6 is 11.6 Å². The predicted molar refractivity (Wildman–Crippen MR) is 118 cm³/mol. The first-order chi connectivity index (χ1) is 13.9. The van der Waals surface area contributed by atoms with Gasteiger partial charge in [-0.25, -0.2) is 0 Å². The second-order valence-corrected chi connectivity index (χ2v) is 7.78. The number of rotatable bonds is 5. The van der Waals surface area contributed by atoms with Crippen LogP contribution in [0.2, 0.25) is 5.02 Å². The summed E-state index contributed by atoms with van der Waals surface area (Å²) in [6.45, 7) is 6.79. The van der Waals surface area contributed by atoms with Crippen LogP contribution in [0.3, 0.4) is 0 Å². The second kappa shape index (κ2) is 9.72. The van der Waals surface area contributed by atoms with Crippen LogP contribution in [0.1, 0.15) is 25.0 Å². The van der Waals surface area contributed by atoms with Crippen LogP contribution in [-0.4, -0.2) is 47.3 Å². The van der Waals surface area contributed by atoms with Crippen molar-refractivity contribution in [3.63, 3.8) is 0 Å². The molecule has 2 amide bonds. The number of nitrogens with one attached hydrogen (secondary N) is 1. The Kier molecular flexibility index (Phi) is 7.07. The summed E-state index contributed by atoms with van der Waals surface area (Å²) >= 11 is 6.02. The maximum Gasteiger partial charge on any atom is 0.246 e. The molecule has 1 heterocycles. The molecule has 1 N–H and O–H groups in total. The van der Waals surface area contributed by atoms with Crippen molar-refractivity contribution in [2.75, 3.05) is 25.0 Å². The molecule has 29 heavy (non-hydrogen) atoms. The molecule has 0 unspecified atom stereocenters. The minimum atomic E-state index is -0.184. The fourth-order valence-electron chi connectivity index (χ4n) is 3.57. The lowest BCUT2D eigenvalue weighted by Crippen LogP contribution is -2.53. The molecule has 2 aromatic rings. The van der Waals surface area contributed by atoms with Gasteiger partial charge in [0.2, 0.25) is 11.8 Å². The number of anilines is 1. The molecule has 0 saturated carbocycles. The molecule has 152 valence electrons. The van der Waals surface area contributed by atoms with Gasteiger partial charge in [-0.2, -0.15) is 0 Å². The molecule has 0 aromatic heterocycles. The quantitative estimate of drug-likeness (QED) is 0.755. The Bertz CT molecular complexity index is 898. The average Bonchev–Trinajstić information content (AvgIpc) is 2.67. The van der Waals surface area contributed by atoms with E-state index in [0.717, 1.165) is 25.2 Å². The van der Waals surface area contributed by atoms with Crippen molar-refractivity contribution in [3.05, 3.63) is 70.8 Å². The predicted octanol–water partition coefficient (Wildman–Crippen LogP) is 4.04. The summed E-state index contributed by atoms with van der Waals surface area (Å²) in [6.07, 6.45) is 3.30. The largest absolute Gasteiger partial charge is 0.334 e. The number of piperazine rings is 1. The number of amides is 2. The molecule has 1 fully saturated rings. The van der Waals surface area contributed by atoms with E-state index in [-0.39, 0.29) is 17.9 Å². The highest BCUT2D eigenvalue weighted by atomic mass is 35.5. The van der Waals surface area contributed by atoms with Crippen LogP contribution in [0.5, 0.6) is 0 Å². The SMILES string of the molecule is CC(=O)Nc1cc(Cl)ccc1/C=C/C(=O)N1CCN(Cc2ccccc2)C[C@H]1C. The Morgan fingerprint density at radius 2 is 1.93 bits per heavy atom. The van der Waals surface area contributed by atoms with Crippen LogP contribution in [0, 0.1) is 0 Å². The minimum absolute atomic E-state index is 0.0272. The zero-order valence-corrected chi connectivity index (χ0v) is 17.5. The Labute approximate surface area is 177 Å². The van der Waals surface area contributed by atoms with E-state index in [0.29, 0.717) is 17.3 Å². The first-order valence-corrected chi connectivity index (χ1v) is 10.1. The summed E-state index contributed by atoms with van der Waals surface area (Å²) in [4.78, 5) is 28.4. The Hall–Kier alpha value is -2.63. The van der Waals surface area contributed by atoms with Crippen molar-refractivity contribution in [1.82, 2.24) is 9.80 Å². The third kappa shape index (κ3) is 5.92. The van der Waals surface area contributed by atoms with E-state index in [1.807, 2.05) is 11.0 Å². The van der Waals surface area contributed by atoms with Gasteiger partial charge in [-0.05, 0) is 36.3 Å². The van der Waals surface area contributed by atoms with E-state index >= 15 is 0 Å². The van der Waals surface area contributed by atoms with Crippen LogP contribution in [0.4, 0.5) is 5.69 Å². The van der Waals surface area contributed by atoms with E-state index in [9.17, 15) is 9.59 Å². The molecular formula is C23H26ClN3O2. The average molecular weight is 412 g/mol. The van der Waals surface area contributed by atoms with Gasteiger partial charge in [0.15, 0.2) is 0 Å². The van der Waals surface area contributed by atoms with Crippen molar-refractivity contribution in [2.24, 2.45) is 0 Å². The molecule has 1 saturated heterocycles. The molecule has 1 aliphatic heterocycles. The van der Waals surface area contributed by atoms with E-state index in [1.165, 1.54) is 12.5 Å². The minimum Gasteiger partial charge on any atom is -0.334 e. The van der Waals surface area contributed by atoms with Crippen molar-refractivity contribution in [1.29, 1.82) is 0 Å². The Balaban J connectivity index is 1.62. The van der Waals surface area contributed by atoms with Crippen molar-refractivity contribution >= 4 is 35.2 Å². The number of hydrogen-bond donors (Lipinski definition) is 1. The normalized spacial score (nSPS) is 17.5. The third-order valence-corrected chi connectivity index (χ3v) is 5.21. The van der Waals surface area contributed by atoms with Crippen molar-refractivity contribution < 1.29 is 9.59 Å². The topological polar surface area (TPSA) is 52.7 Å². The van der Waals surface area contributed by atoms with Gasteiger partial charge in [-0.3, -0.25) is 14.5 Å². The van der Waals surface area contributed by atoms with Gasteiger partial charge >= 0.3 is 0 Å². The van der Waals surface area contributed by atoms with Gasteiger partial charge in [0, 0.05) is 55.9 Å². The molecule has 0 aliphatic carbocycles. The van der Waals surface area contributed by atoms with Gasteiger partial charge in [0.05, 0.1) is 0 Å². The van der Waals surface area contributed by atoms with Crippen LogP contribution < -0.4 is 5.32 Å². The monoisotopic (exact) mass is 411 g/mol. The summed E-state index contributed by atoms with van der Waals surface area (Å²) in [7, 11) is 0. The molecular weight excluding hydrogens is 386 g/mol. The van der Waals surface area contributed by atoms with Crippen LogP contribution in [0.15, 0.2) is 54.6 Å². The molecule has 5 nitrogen and oxygen atoms in total. The van der Waals surface area contributed by atoms with E-state index in [4.69, 9.17) is 11.6 Å². The number of halogens is 1. The summed E-state index contributed by atoms with van der Waals surface area (Å²) in [5, 5.41) is 3.28. The second-order valence-electron chi connectivity index (χ2n) is 7.35. The smallest absolute Gasteiger partial charge is 0.246 e. The highest BCUT2D eigenvalue weighted by molar-refractivity contribution is 6.31. The summed E-state index contributed by atoms with van der Waals surface area (Å²) in [5.41, 5.74) is 2.62. The first-order valence-electron chi connectivity index (χ1n) is 9.74.